The van der Waals surface area contributed by atoms with Crippen LogP contribution in [0.2, 0.25) is 0 Å². The summed E-state index contributed by atoms with van der Waals surface area (Å²) in [4.78, 5) is 63.0. The van der Waals surface area contributed by atoms with E-state index in [2.05, 4.69) is 0 Å². The summed E-state index contributed by atoms with van der Waals surface area (Å²) in [6, 6.07) is 22.8. The number of carbonyl (C=O) groups is 2. The highest BCUT2D eigenvalue weighted by atomic mass is 32.2. The number of pyridine rings is 2. The van der Waals surface area contributed by atoms with Crippen LogP contribution in [-0.4, -0.2) is 119 Å². The van der Waals surface area contributed by atoms with Crippen LogP contribution in [0.1, 0.15) is 97.6 Å². The first-order chi connectivity index (χ1) is 58.7. The summed E-state index contributed by atoms with van der Waals surface area (Å²) in [6.07, 6.45) is -8.43. The predicted molar refractivity (Wildman–Crippen MR) is 395 cm³/mol. The van der Waals surface area contributed by atoms with E-state index in [4.69, 9.17) is 36.9 Å². The Morgan fingerprint density at radius 1 is 0.519 bits per heavy atom. The van der Waals surface area contributed by atoms with Gasteiger partial charge in [0.25, 0.3) is 0 Å². The standard InChI is InChI=1S/2C41H40F5N3O3S/c2*1-27-6-15-36-34(22-27)37(50)23-39(53-26-31-4-3-5-35(42)40(31)43)49(36)25-38(51)48(33-16-18-47(19-17-33)20-21-52-2)24-28-7-9-29(10-8-28)30-11-13-32(14-12-30)41(44,45)46/h2*3-15,22-23,33H,16-21,24-26H2,1-2H3/i2D3,6D,15D,20D2,22D,23D,26D2;2D3,6D,15D,20D2,22D,23D. The summed E-state index contributed by atoms with van der Waals surface area (Å²) in [5.41, 5.74) is -5.14. The molecule has 2 fully saturated rings. The van der Waals surface area contributed by atoms with Crippen molar-refractivity contribution in [2.75, 3.05) is 66.5 Å². The van der Waals surface area contributed by atoms with Crippen LogP contribution >= 0.6 is 23.5 Å². The molecular formula is C82H80F10N6O6S2. The Bertz CT molecular complexity index is 5870. The van der Waals surface area contributed by atoms with Crippen molar-refractivity contribution in [3.05, 3.63) is 270 Å². The van der Waals surface area contributed by atoms with Crippen molar-refractivity contribution in [3.63, 3.8) is 0 Å². The van der Waals surface area contributed by atoms with Crippen LogP contribution in [0, 0.1) is 37.1 Å². The van der Waals surface area contributed by atoms with Crippen LogP contribution in [0.25, 0.3) is 44.1 Å². The molecule has 0 N–H and O–H groups in total. The number of amides is 2. The molecule has 10 aromatic rings. The zero-order chi connectivity index (χ0) is 92.7. The molecule has 556 valence electrons. The highest BCUT2D eigenvalue weighted by molar-refractivity contribution is 7.98. The average molecular weight is 1520 g/mol. The van der Waals surface area contributed by atoms with Crippen LogP contribution in [0.4, 0.5) is 43.9 Å². The molecule has 8 aromatic carbocycles. The minimum Gasteiger partial charge on any atom is -0.383 e. The maximum atomic E-state index is 15.1. The van der Waals surface area contributed by atoms with Crippen molar-refractivity contribution in [1.82, 2.24) is 28.7 Å². The number of rotatable bonds is 24. The number of hydrogen-bond acceptors (Lipinski definition) is 10. The summed E-state index contributed by atoms with van der Waals surface area (Å²) < 4.78 is 315. The van der Waals surface area contributed by atoms with Gasteiger partial charge < -0.3 is 38.2 Å². The molecule has 2 amide bonds. The minimum atomic E-state index is -4.54. The molecule has 4 heterocycles. The number of nitrogens with zero attached hydrogens (tertiary/aromatic N) is 6. The number of ether oxygens (including phenoxy) is 2. The maximum absolute atomic E-state index is 15.1. The smallest absolute Gasteiger partial charge is 0.383 e. The number of thioether (sulfide) groups is 2. The van der Waals surface area contributed by atoms with Crippen molar-refractivity contribution in [2.24, 2.45) is 0 Å². The number of hydrogen-bond donors (Lipinski definition) is 0. The van der Waals surface area contributed by atoms with E-state index in [-0.39, 0.29) is 115 Å². The first-order valence-electron chi connectivity index (χ1n) is 43.1. The summed E-state index contributed by atoms with van der Waals surface area (Å²) in [7, 11) is -5.69. The molecule has 2 aromatic heterocycles. The van der Waals surface area contributed by atoms with Gasteiger partial charge in [0.2, 0.25) is 11.8 Å². The van der Waals surface area contributed by atoms with Crippen molar-refractivity contribution >= 4 is 57.1 Å². The number of likely N-dealkylation sites (tertiary alicyclic amines) is 2. The first kappa shape index (κ1) is 55.4. The lowest BCUT2D eigenvalue weighted by Crippen LogP contribution is -2.48. The lowest BCUT2D eigenvalue weighted by atomic mass is 10.00. The topological polar surface area (TPSA) is 110 Å². The monoisotopic (exact) mass is 1520 g/mol. The summed E-state index contributed by atoms with van der Waals surface area (Å²) in [6.45, 7) is -4.77. The van der Waals surface area contributed by atoms with Gasteiger partial charge in [0.05, 0.1) is 64.6 Å². The summed E-state index contributed by atoms with van der Waals surface area (Å²) in [5.74, 6) is -6.90. The van der Waals surface area contributed by atoms with E-state index in [0.717, 1.165) is 64.9 Å². The van der Waals surface area contributed by atoms with E-state index in [9.17, 15) is 58.7 Å². The third-order valence-corrected chi connectivity index (χ3v) is 19.7. The molecule has 0 bridgehead atoms. The third-order valence-electron chi connectivity index (χ3n) is 17.8. The van der Waals surface area contributed by atoms with Crippen molar-refractivity contribution in [3.8, 4) is 22.3 Å². The Hall–Kier alpha value is -9.04. The second kappa shape index (κ2) is 35.1. The largest absolute Gasteiger partial charge is 0.416 e. The molecule has 0 atom stereocenters. The Morgan fingerprint density at radius 2 is 0.896 bits per heavy atom. The third kappa shape index (κ3) is 19.6. The molecule has 0 radical (unpaired) electrons. The minimum absolute atomic E-state index is 0.00336. The van der Waals surface area contributed by atoms with E-state index in [0.29, 0.717) is 33.4 Å². The van der Waals surface area contributed by atoms with E-state index >= 15 is 4.39 Å². The average Bonchev–Trinajstić information content (AvgIpc) is 0.732. The zero-order valence-electron chi connectivity index (χ0n) is 76.7. The fourth-order valence-electron chi connectivity index (χ4n) is 12.3. The van der Waals surface area contributed by atoms with E-state index in [1.807, 2.05) is 0 Å². The summed E-state index contributed by atoms with van der Waals surface area (Å²) in [5, 5.41) is -1.66. The lowest BCUT2D eigenvalue weighted by Gasteiger charge is -2.39. The number of aromatic nitrogens is 2. The molecule has 0 saturated carbocycles. The molecule has 24 heteroatoms. The molecule has 2 aliphatic rings. The van der Waals surface area contributed by atoms with Crippen molar-refractivity contribution in [2.45, 2.75) is 112 Å². The van der Waals surface area contributed by atoms with Gasteiger partial charge in [0.15, 0.2) is 34.1 Å². The van der Waals surface area contributed by atoms with Crippen LogP contribution in [0.15, 0.2) is 201 Å². The molecule has 2 saturated heterocycles. The molecule has 12 rings (SSSR count). The van der Waals surface area contributed by atoms with E-state index in [1.54, 1.807) is 48.5 Å². The molecule has 106 heavy (non-hydrogen) atoms. The van der Waals surface area contributed by atoms with Gasteiger partial charge in [-0.3, -0.25) is 19.2 Å². The molecular weight excluding hydrogens is 1420 g/mol. The second-order valence-electron chi connectivity index (χ2n) is 24.9. The van der Waals surface area contributed by atoms with Crippen LogP contribution in [0.3, 0.4) is 0 Å². The number of benzene rings is 8. The normalized spacial score (nSPS) is 17.5. The van der Waals surface area contributed by atoms with Gasteiger partial charge in [-0.1, -0.05) is 120 Å². The molecule has 0 unspecified atom stereocenters. The van der Waals surface area contributed by atoms with Crippen molar-refractivity contribution in [1.29, 1.82) is 0 Å². The number of halogens is 10. The SMILES string of the molecule is [2H]c1c(C)c([2H])c2c(=O)c([2H])c(SC([2H])([2H])c3cccc(F)c3F)n(CC(=O)N(Cc3ccc(-c4ccc(C(F)(F)F)cc4)cc3)C3CCN(C([2H])([2H])COC([2H])([2H])[2H])CC3)c2c1[2H].[2H]c1c(C)c([2H])c2c(=O)c([2H])c(SCc3cccc(F)c3F)n(CC(=O)N(Cc3ccc(-c4ccc(C(F)(F)F)cc4)cc3)C3CCN(C([2H])([2H])COC([2H])([2H])[2H])CC3)c2c1[2H]. The van der Waals surface area contributed by atoms with E-state index in [1.165, 1.54) is 74.4 Å². The van der Waals surface area contributed by atoms with Gasteiger partial charge in [0, 0.05) is 132 Å². The number of carbonyl (C=O) groups excluding carboxylic acids is 2. The Balaban J connectivity index is 0.000000245. The van der Waals surface area contributed by atoms with Crippen molar-refractivity contribution < 1.29 is 90.4 Å². The Labute approximate surface area is 644 Å². The van der Waals surface area contributed by atoms with E-state index < -0.39 is 210 Å². The Morgan fingerprint density at radius 3 is 1.29 bits per heavy atom. The second-order valence-corrected chi connectivity index (χ2v) is 26.6. The van der Waals surface area contributed by atoms with Crippen LogP contribution in [0.5, 0.6) is 0 Å². The quantitative estimate of drug-likeness (QED) is 0.0428. The van der Waals surface area contributed by atoms with Gasteiger partial charge in [-0.2, -0.15) is 26.3 Å². The van der Waals surface area contributed by atoms with Gasteiger partial charge in [0.1, 0.15) is 13.1 Å². The predicted octanol–water partition coefficient (Wildman–Crippen LogP) is 17.4. The zero-order valence-corrected chi connectivity index (χ0v) is 58.3. The fraction of sp³-hybridized carbons (Fsp3) is 0.317. The van der Waals surface area contributed by atoms with Crippen LogP contribution in [-0.2, 0) is 69.1 Å². The van der Waals surface area contributed by atoms with Gasteiger partial charge in [-0.05, 0) is 133 Å². The highest BCUT2D eigenvalue weighted by Crippen LogP contribution is 2.36. The van der Waals surface area contributed by atoms with Gasteiger partial charge in [-0.25, -0.2) is 17.6 Å². The van der Waals surface area contributed by atoms with Crippen LogP contribution < -0.4 is 10.9 Å². The van der Waals surface area contributed by atoms with Gasteiger partial charge in [-0.15, -0.1) is 23.5 Å². The molecule has 12 nitrogen and oxygen atoms in total. The molecule has 2 aliphatic heterocycles. The number of fused-ring (bicyclic) bond motifs is 2. The number of methoxy groups -OCH3 is 2. The Kier molecular flexibility index (Phi) is 18.4. The lowest BCUT2D eigenvalue weighted by molar-refractivity contribution is -0.138. The fourth-order valence-corrected chi connectivity index (χ4v) is 14.0. The number of piperidine rings is 2. The summed E-state index contributed by atoms with van der Waals surface area (Å²) >= 11 is 0.833. The number of alkyl halides is 6. The first-order valence-corrected chi connectivity index (χ1v) is 34.9. The highest BCUT2D eigenvalue weighted by Gasteiger charge is 2.34. The maximum Gasteiger partial charge on any atom is 0.416 e. The molecule has 0 aliphatic carbocycles. The molecule has 0 spiro atoms. The van der Waals surface area contributed by atoms with Gasteiger partial charge >= 0.3 is 12.4 Å².